The smallest absolute Gasteiger partial charge is 0.319 e. The van der Waals surface area contributed by atoms with Crippen LogP contribution in [0.5, 0.6) is 0 Å². The van der Waals surface area contributed by atoms with E-state index in [0.29, 0.717) is 5.56 Å². The number of nitrogens with one attached hydrogen (secondary N) is 1. The number of amides is 3. The summed E-state index contributed by atoms with van der Waals surface area (Å²) in [6, 6.07) is 22.1. The van der Waals surface area contributed by atoms with Gasteiger partial charge in [0.15, 0.2) is 0 Å². The third kappa shape index (κ3) is 2.72. The van der Waals surface area contributed by atoms with Crippen molar-refractivity contribution in [2.45, 2.75) is 19.0 Å². The van der Waals surface area contributed by atoms with Gasteiger partial charge in [-0.1, -0.05) is 54.6 Å². The SMILES string of the molecule is CC1(c2cccc3ccccc23)NC(=O)N(Cc2cccc(C#N)c2)C1=O. The molecule has 1 aliphatic heterocycles. The molecule has 3 aromatic rings. The number of rotatable bonds is 3. The Balaban J connectivity index is 1.72. The topological polar surface area (TPSA) is 73.2 Å². The minimum Gasteiger partial charge on any atom is -0.319 e. The summed E-state index contributed by atoms with van der Waals surface area (Å²) >= 11 is 0. The van der Waals surface area contributed by atoms with Crippen molar-refractivity contribution in [2.24, 2.45) is 0 Å². The van der Waals surface area contributed by atoms with Gasteiger partial charge in [0.25, 0.3) is 5.91 Å². The number of urea groups is 1. The molecule has 5 heteroatoms. The van der Waals surface area contributed by atoms with Crippen LogP contribution in [-0.4, -0.2) is 16.8 Å². The number of nitriles is 1. The highest BCUT2D eigenvalue weighted by Gasteiger charge is 2.49. The summed E-state index contributed by atoms with van der Waals surface area (Å²) in [5.74, 6) is -0.300. The van der Waals surface area contributed by atoms with Gasteiger partial charge in [-0.2, -0.15) is 5.26 Å². The lowest BCUT2D eigenvalue weighted by molar-refractivity contribution is -0.131. The van der Waals surface area contributed by atoms with Crippen molar-refractivity contribution >= 4 is 22.7 Å². The molecule has 0 aromatic heterocycles. The summed E-state index contributed by atoms with van der Waals surface area (Å²) in [4.78, 5) is 27.0. The predicted octanol–water partition coefficient (Wildman–Crippen LogP) is 3.68. The summed E-state index contributed by atoms with van der Waals surface area (Å²) in [5.41, 5.74) is 0.869. The molecule has 0 aliphatic carbocycles. The Hall–Kier alpha value is -3.65. The monoisotopic (exact) mass is 355 g/mol. The van der Waals surface area contributed by atoms with Crippen LogP contribution < -0.4 is 5.32 Å². The van der Waals surface area contributed by atoms with Gasteiger partial charge in [-0.05, 0) is 41.0 Å². The third-order valence-electron chi connectivity index (χ3n) is 5.00. The molecular formula is C22H17N3O2. The Kier molecular flexibility index (Phi) is 3.89. The first-order valence-corrected chi connectivity index (χ1v) is 8.64. The maximum atomic E-state index is 13.2. The van der Waals surface area contributed by atoms with E-state index in [-0.39, 0.29) is 12.5 Å². The van der Waals surface area contributed by atoms with Crippen LogP contribution in [0.2, 0.25) is 0 Å². The average molecular weight is 355 g/mol. The standard InChI is InChI=1S/C22H17N3O2/c1-22(19-11-5-9-17-8-2-3-10-18(17)19)20(26)25(21(27)24-22)14-16-7-4-6-15(12-16)13-23/h2-12H,14H2,1H3,(H,24,27). The zero-order chi connectivity index (χ0) is 19.0. The highest BCUT2D eigenvalue weighted by Crippen LogP contribution is 2.34. The first kappa shape index (κ1) is 16.8. The zero-order valence-electron chi connectivity index (χ0n) is 14.8. The van der Waals surface area contributed by atoms with E-state index in [1.807, 2.05) is 42.5 Å². The number of carbonyl (C=O) groups excluding carboxylic acids is 2. The molecule has 5 nitrogen and oxygen atoms in total. The highest BCUT2D eigenvalue weighted by atomic mass is 16.2. The third-order valence-corrected chi connectivity index (χ3v) is 5.00. The van der Waals surface area contributed by atoms with Gasteiger partial charge in [0.1, 0.15) is 5.54 Å². The van der Waals surface area contributed by atoms with Crippen molar-refractivity contribution < 1.29 is 9.59 Å². The van der Waals surface area contributed by atoms with Crippen molar-refractivity contribution in [3.63, 3.8) is 0 Å². The van der Waals surface area contributed by atoms with E-state index in [0.717, 1.165) is 21.9 Å². The second-order valence-corrected chi connectivity index (χ2v) is 6.79. The van der Waals surface area contributed by atoms with Crippen molar-refractivity contribution in [3.8, 4) is 6.07 Å². The first-order chi connectivity index (χ1) is 13.0. The fourth-order valence-electron chi connectivity index (χ4n) is 3.61. The molecular weight excluding hydrogens is 338 g/mol. The molecule has 27 heavy (non-hydrogen) atoms. The van der Waals surface area contributed by atoms with Gasteiger partial charge >= 0.3 is 6.03 Å². The van der Waals surface area contributed by atoms with E-state index in [1.165, 1.54) is 4.90 Å². The molecule has 1 fully saturated rings. The van der Waals surface area contributed by atoms with E-state index in [2.05, 4.69) is 11.4 Å². The maximum Gasteiger partial charge on any atom is 0.325 e. The van der Waals surface area contributed by atoms with Gasteiger partial charge in [0, 0.05) is 0 Å². The number of nitrogens with zero attached hydrogens (tertiary/aromatic N) is 2. The second kappa shape index (κ2) is 6.26. The number of hydrogen-bond acceptors (Lipinski definition) is 3. The van der Waals surface area contributed by atoms with Crippen LogP contribution in [0.3, 0.4) is 0 Å². The lowest BCUT2D eigenvalue weighted by Gasteiger charge is -2.24. The fraction of sp³-hybridized carbons (Fsp3) is 0.136. The molecule has 1 aliphatic rings. The molecule has 1 heterocycles. The number of fused-ring (bicyclic) bond motifs is 1. The molecule has 0 saturated carbocycles. The van der Waals surface area contributed by atoms with Crippen LogP contribution in [0.1, 0.15) is 23.6 Å². The molecule has 0 bridgehead atoms. The average Bonchev–Trinajstić information content (AvgIpc) is 2.91. The Morgan fingerprint density at radius 2 is 1.78 bits per heavy atom. The molecule has 4 rings (SSSR count). The van der Waals surface area contributed by atoms with E-state index in [9.17, 15) is 9.59 Å². The number of hydrogen-bond donors (Lipinski definition) is 1. The van der Waals surface area contributed by atoms with Crippen molar-refractivity contribution in [1.29, 1.82) is 5.26 Å². The second-order valence-electron chi connectivity index (χ2n) is 6.79. The predicted molar refractivity (Wildman–Crippen MR) is 102 cm³/mol. The summed E-state index contributed by atoms with van der Waals surface area (Å²) in [7, 11) is 0. The normalized spacial score (nSPS) is 19.2. The quantitative estimate of drug-likeness (QED) is 0.729. The number of benzene rings is 3. The Bertz CT molecular complexity index is 1110. The van der Waals surface area contributed by atoms with Gasteiger partial charge in [-0.3, -0.25) is 9.69 Å². The minimum atomic E-state index is -1.13. The Morgan fingerprint density at radius 3 is 2.59 bits per heavy atom. The van der Waals surface area contributed by atoms with Gasteiger partial charge in [-0.25, -0.2) is 4.79 Å². The summed E-state index contributed by atoms with van der Waals surface area (Å²) < 4.78 is 0. The fourth-order valence-corrected chi connectivity index (χ4v) is 3.61. The summed E-state index contributed by atoms with van der Waals surface area (Å²) in [6.45, 7) is 1.86. The van der Waals surface area contributed by atoms with E-state index < -0.39 is 11.6 Å². The molecule has 0 radical (unpaired) electrons. The van der Waals surface area contributed by atoms with Gasteiger partial charge in [-0.15, -0.1) is 0 Å². The van der Waals surface area contributed by atoms with Crippen LogP contribution in [0.15, 0.2) is 66.7 Å². The van der Waals surface area contributed by atoms with Crippen LogP contribution in [0, 0.1) is 11.3 Å². The molecule has 132 valence electrons. The minimum absolute atomic E-state index is 0.126. The van der Waals surface area contributed by atoms with Crippen LogP contribution in [0.25, 0.3) is 10.8 Å². The van der Waals surface area contributed by atoms with E-state index >= 15 is 0 Å². The number of imide groups is 1. The molecule has 1 unspecified atom stereocenters. The van der Waals surface area contributed by atoms with Crippen LogP contribution >= 0.6 is 0 Å². The lowest BCUT2D eigenvalue weighted by Crippen LogP contribution is -2.41. The Labute approximate surface area is 156 Å². The van der Waals surface area contributed by atoms with Crippen molar-refractivity contribution in [1.82, 2.24) is 10.2 Å². The van der Waals surface area contributed by atoms with E-state index in [4.69, 9.17) is 5.26 Å². The van der Waals surface area contributed by atoms with Crippen molar-refractivity contribution in [2.75, 3.05) is 0 Å². The van der Waals surface area contributed by atoms with Gasteiger partial charge in [0.05, 0.1) is 18.2 Å². The number of carbonyl (C=O) groups is 2. The highest BCUT2D eigenvalue weighted by molar-refractivity contribution is 6.09. The van der Waals surface area contributed by atoms with Crippen LogP contribution in [-0.2, 0) is 16.9 Å². The molecule has 3 amide bonds. The molecule has 1 atom stereocenters. The van der Waals surface area contributed by atoms with E-state index in [1.54, 1.807) is 31.2 Å². The molecule has 3 aromatic carbocycles. The maximum absolute atomic E-state index is 13.2. The van der Waals surface area contributed by atoms with Gasteiger partial charge in [0.2, 0.25) is 0 Å². The summed E-state index contributed by atoms with van der Waals surface area (Å²) in [6.07, 6.45) is 0. The Morgan fingerprint density at radius 1 is 1.04 bits per heavy atom. The van der Waals surface area contributed by atoms with Crippen molar-refractivity contribution in [3.05, 3.63) is 83.4 Å². The van der Waals surface area contributed by atoms with Gasteiger partial charge < -0.3 is 5.32 Å². The summed E-state index contributed by atoms with van der Waals surface area (Å²) in [5, 5.41) is 13.9. The van der Waals surface area contributed by atoms with Crippen LogP contribution in [0.4, 0.5) is 4.79 Å². The molecule has 1 N–H and O–H groups in total. The lowest BCUT2D eigenvalue weighted by atomic mass is 9.88. The molecule has 1 saturated heterocycles. The zero-order valence-corrected chi connectivity index (χ0v) is 14.8. The largest absolute Gasteiger partial charge is 0.325 e. The molecule has 0 spiro atoms. The first-order valence-electron chi connectivity index (χ1n) is 8.64.